The van der Waals surface area contributed by atoms with E-state index < -0.39 is 5.82 Å². The molecule has 0 bridgehead atoms. The molecular formula is C24H27FN8O3. The van der Waals surface area contributed by atoms with Crippen molar-refractivity contribution in [2.75, 3.05) is 46.7 Å². The first kappa shape index (κ1) is 24.8. The lowest BCUT2D eigenvalue weighted by Crippen LogP contribution is -2.27. The molecule has 1 aromatic carbocycles. The zero-order valence-electron chi connectivity index (χ0n) is 20.4. The maximum atomic E-state index is 14.2. The van der Waals surface area contributed by atoms with Crippen LogP contribution in [-0.4, -0.2) is 76.9 Å². The summed E-state index contributed by atoms with van der Waals surface area (Å²) in [7, 11) is 6.91. The summed E-state index contributed by atoms with van der Waals surface area (Å²) in [6.45, 7) is 1.31. The van der Waals surface area contributed by atoms with Crippen LogP contribution in [0.5, 0.6) is 11.6 Å². The maximum absolute atomic E-state index is 14.2. The molecule has 2 N–H and O–H groups in total. The van der Waals surface area contributed by atoms with Gasteiger partial charge in [-0.2, -0.15) is 5.10 Å². The number of hydrogen-bond donors (Lipinski definition) is 2. The zero-order valence-corrected chi connectivity index (χ0v) is 20.4. The smallest absolute Gasteiger partial charge is 0.272 e. The molecule has 0 aliphatic rings. The van der Waals surface area contributed by atoms with Gasteiger partial charge >= 0.3 is 0 Å². The van der Waals surface area contributed by atoms with E-state index in [4.69, 9.17) is 9.47 Å². The third kappa shape index (κ3) is 5.33. The van der Waals surface area contributed by atoms with E-state index in [0.717, 1.165) is 13.0 Å². The summed E-state index contributed by atoms with van der Waals surface area (Å²) in [6, 6.07) is 5.78. The van der Waals surface area contributed by atoms with Crippen LogP contribution in [0.1, 0.15) is 16.9 Å². The van der Waals surface area contributed by atoms with Crippen LogP contribution in [0.2, 0.25) is 0 Å². The number of fused-ring (bicyclic) bond motifs is 1. The van der Waals surface area contributed by atoms with Crippen LogP contribution in [-0.2, 0) is 0 Å². The van der Waals surface area contributed by atoms with Gasteiger partial charge in [-0.05, 0) is 39.2 Å². The second-order valence-electron chi connectivity index (χ2n) is 8.12. The molecule has 188 valence electrons. The van der Waals surface area contributed by atoms with E-state index in [1.54, 1.807) is 6.07 Å². The molecule has 0 aliphatic carbocycles. The molecule has 0 saturated heterocycles. The number of nitrogens with one attached hydrogen (secondary N) is 2. The number of aromatic nitrogens is 5. The standard InChI is InChI=1S/C24H27FN8O3/c1-32(2)11-5-8-27-23(34)21-16-14-29-20(30-22-24(36-4)28-10-9-26-22)13-17(16)33(31-21)18-12-15(25)6-7-19(18)35-3/h6-7,9-10,12-14H,5,8,11H2,1-4H3,(H,27,34)(H,26,29,30). The average Bonchev–Trinajstić information content (AvgIpc) is 3.25. The Balaban J connectivity index is 1.77. The Morgan fingerprint density at radius 3 is 2.67 bits per heavy atom. The van der Waals surface area contributed by atoms with Gasteiger partial charge in [-0.3, -0.25) is 4.79 Å². The van der Waals surface area contributed by atoms with Crippen molar-refractivity contribution in [3.8, 4) is 17.3 Å². The van der Waals surface area contributed by atoms with Gasteiger partial charge in [-0.15, -0.1) is 0 Å². The van der Waals surface area contributed by atoms with E-state index in [1.165, 1.54) is 55.7 Å². The molecule has 0 atom stereocenters. The number of anilines is 2. The Hall–Kier alpha value is -4.32. The van der Waals surface area contributed by atoms with Gasteiger partial charge in [0, 0.05) is 37.3 Å². The van der Waals surface area contributed by atoms with Crippen molar-refractivity contribution >= 4 is 28.4 Å². The van der Waals surface area contributed by atoms with Crippen LogP contribution >= 0.6 is 0 Å². The van der Waals surface area contributed by atoms with Crippen molar-refractivity contribution in [3.63, 3.8) is 0 Å². The summed E-state index contributed by atoms with van der Waals surface area (Å²) in [6.07, 6.45) is 5.34. The van der Waals surface area contributed by atoms with E-state index in [1.807, 2.05) is 19.0 Å². The van der Waals surface area contributed by atoms with Crippen LogP contribution in [0.25, 0.3) is 16.6 Å². The predicted molar refractivity (Wildman–Crippen MR) is 133 cm³/mol. The molecule has 3 heterocycles. The van der Waals surface area contributed by atoms with Gasteiger partial charge in [0.15, 0.2) is 11.5 Å². The number of carbonyl (C=O) groups is 1. The van der Waals surface area contributed by atoms with Gasteiger partial charge in [-0.25, -0.2) is 24.0 Å². The first-order valence-electron chi connectivity index (χ1n) is 11.2. The fraction of sp³-hybridized carbons (Fsp3) is 0.292. The average molecular weight is 495 g/mol. The van der Waals surface area contributed by atoms with Crippen molar-refractivity contribution < 1.29 is 18.7 Å². The van der Waals surface area contributed by atoms with Crippen LogP contribution in [0.15, 0.2) is 42.9 Å². The summed E-state index contributed by atoms with van der Waals surface area (Å²) in [5.41, 5.74) is 1.01. The van der Waals surface area contributed by atoms with Crippen molar-refractivity contribution in [2.45, 2.75) is 6.42 Å². The molecule has 0 saturated carbocycles. The summed E-state index contributed by atoms with van der Waals surface area (Å²) < 4.78 is 26.4. The summed E-state index contributed by atoms with van der Waals surface area (Å²) in [5.74, 6) is 0.612. The number of carbonyl (C=O) groups excluding carboxylic acids is 1. The second-order valence-corrected chi connectivity index (χ2v) is 8.12. The lowest BCUT2D eigenvalue weighted by Gasteiger charge is -2.11. The molecule has 4 rings (SSSR count). The minimum Gasteiger partial charge on any atom is -0.494 e. The highest BCUT2D eigenvalue weighted by Gasteiger charge is 2.21. The normalized spacial score (nSPS) is 11.1. The molecule has 0 fully saturated rings. The lowest BCUT2D eigenvalue weighted by atomic mass is 10.2. The van der Waals surface area contributed by atoms with E-state index in [2.05, 4.69) is 30.7 Å². The molecule has 0 aliphatic heterocycles. The lowest BCUT2D eigenvalue weighted by molar-refractivity contribution is 0.0948. The molecule has 36 heavy (non-hydrogen) atoms. The fourth-order valence-electron chi connectivity index (χ4n) is 3.62. The number of halogens is 1. The number of methoxy groups -OCH3 is 2. The van der Waals surface area contributed by atoms with Crippen molar-refractivity contribution in [1.82, 2.24) is 34.9 Å². The number of ether oxygens (including phenoxy) is 2. The highest BCUT2D eigenvalue weighted by molar-refractivity contribution is 6.05. The third-order valence-electron chi connectivity index (χ3n) is 5.32. The molecule has 0 radical (unpaired) electrons. The minimum atomic E-state index is -0.471. The fourth-order valence-corrected chi connectivity index (χ4v) is 3.62. The Kier molecular flexibility index (Phi) is 7.54. The largest absolute Gasteiger partial charge is 0.494 e. The molecule has 1 amide bonds. The first-order chi connectivity index (χ1) is 17.4. The Labute approximate surface area is 207 Å². The maximum Gasteiger partial charge on any atom is 0.272 e. The number of benzene rings is 1. The van der Waals surface area contributed by atoms with Crippen molar-refractivity contribution in [3.05, 3.63) is 54.4 Å². The van der Waals surface area contributed by atoms with Crippen molar-refractivity contribution in [1.29, 1.82) is 0 Å². The molecule has 4 aromatic rings. The van der Waals surface area contributed by atoms with Gasteiger partial charge in [0.1, 0.15) is 23.1 Å². The second kappa shape index (κ2) is 11.0. The highest BCUT2D eigenvalue weighted by atomic mass is 19.1. The van der Waals surface area contributed by atoms with Gasteiger partial charge in [0.05, 0.1) is 25.1 Å². The van der Waals surface area contributed by atoms with E-state index in [-0.39, 0.29) is 17.5 Å². The SMILES string of the molecule is COc1ccc(F)cc1-n1nc(C(=O)NCCCN(C)C)c2cnc(Nc3nccnc3OC)cc21. The number of rotatable bonds is 10. The molecule has 11 nitrogen and oxygen atoms in total. The topological polar surface area (TPSA) is 119 Å². The Morgan fingerprint density at radius 2 is 1.92 bits per heavy atom. The summed E-state index contributed by atoms with van der Waals surface area (Å²) in [4.78, 5) is 27.9. The summed E-state index contributed by atoms with van der Waals surface area (Å²) in [5, 5.41) is 11.0. The molecule has 0 unspecified atom stereocenters. The van der Waals surface area contributed by atoms with Gasteiger partial charge < -0.3 is 25.0 Å². The number of nitrogens with zero attached hydrogens (tertiary/aromatic N) is 6. The highest BCUT2D eigenvalue weighted by Crippen LogP contribution is 2.30. The number of hydrogen-bond acceptors (Lipinski definition) is 9. The van der Waals surface area contributed by atoms with Gasteiger partial charge in [0.25, 0.3) is 11.8 Å². The van der Waals surface area contributed by atoms with Crippen LogP contribution in [0.4, 0.5) is 16.0 Å². The van der Waals surface area contributed by atoms with Gasteiger partial charge in [-0.1, -0.05) is 0 Å². The number of pyridine rings is 1. The van der Waals surface area contributed by atoms with E-state index >= 15 is 0 Å². The quantitative estimate of drug-likeness (QED) is 0.321. The van der Waals surface area contributed by atoms with E-state index in [0.29, 0.717) is 40.5 Å². The minimum absolute atomic E-state index is 0.164. The molecule has 0 spiro atoms. The number of amides is 1. The Bertz CT molecular complexity index is 1370. The van der Waals surface area contributed by atoms with Crippen LogP contribution in [0.3, 0.4) is 0 Å². The Morgan fingerprint density at radius 1 is 1.11 bits per heavy atom. The predicted octanol–water partition coefficient (Wildman–Crippen LogP) is 2.79. The first-order valence-corrected chi connectivity index (χ1v) is 11.2. The zero-order chi connectivity index (χ0) is 25.7. The molecule has 3 aromatic heterocycles. The third-order valence-corrected chi connectivity index (χ3v) is 5.32. The molecular weight excluding hydrogens is 467 g/mol. The van der Waals surface area contributed by atoms with Crippen LogP contribution in [0, 0.1) is 5.82 Å². The van der Waals surface area contributed by atoms with Crippen molar-refractivity contribution in [2.24, 2.45) is 0 Å². The monoisotopic (exact) mass is 494 g/mol. The van der Waals surface area contributed by atoms with Gasteiger partial charge in [0.2, 0.25) is 0 Å². The van der Waals surface area contributed by atoms with E-state index in [9.17, 15) is 9.18 Å². The van der Waals surface area contributed by atoms with Crippen LogP contribution < -0.4 is 20.1 Å². The molecule has 12 heteroatoms. The summed E-state index contributed by atoms with van der Waals surface area (Å²) >= 11 is 0.